The van der Waals surface area contributed by atoms with Crippen LogP contribution in [0.2, 0.25) is 0 Å². The predicted octanol–water partition coefficient (Wildman–Crippen LogP) is 3.42. The molecule has 21 heavy (non-hydrogen) atoms. The molecule has 0 aliphatic carbocycles. The lowest BCUT2D eigenvalue weighted by Crippen LogP contribution is -1.99. The van der Waals surface area contributed by atoms with Crippen LogP contribution in [0.25, 0.3) is 0 Å². The molecule has 0 aliphatic heterocycles. The van der Waals surface area contributed by atoms with Crippen molar-refractivity contribution in [2.24, 2.45) is 0 Å². The Hall–Kier alpha value is -2.04. The van der Waals surface area contributed by atoms with Crippen LogP contribution in [0.15, 0.2) is 42.5 Å². The highest BCUT2D eigenvalue weighted by molar-refractivity contribution is 5.47. The van der Waals surface area contributed by atoms with Gasteiger partial charge >= 0.3 is 0 Å². The van der Waals surface area contributed by atoms with Gasteiger partial charge in [0.1, 0.15) is 5.75 Å². The first-order valence-electron chi connectivity index (χ1n) is 6.92. The Bertz CT molecular complexity index is 595. The van der Waals surface area contributed by atoms with Crippen molar-refractivity contribution in [3.8, 4) is 17.2 Å². The molecule has 0 bridgehead atoms. The third-order valence-electron chi connectivity index (χ3n) is 3.30. The van der Waals surface area contributed by atoms with Crippen molar-refractivity contribution in [2.75, 3.05) is 7.11 Å². The highest BCUT2D eigenvalue weighted by Crippen LogP contribution is 2.36. The van der Waals surface area contributed by atoms with Crippen molar-refractivity contribution in [3.05, 3.63) is 53.6 Å². The molecule has 0 saturated heterocycles. The predicted molar refractivity (Wildman–Crippen MR) is 80.7 cm³/mol. The van der Waals surface area contributed by atoms with E-state index in [2.05, 4.69) is 0 Å². The summed E-state index contributed by atoms with van der Waals surface area (Å²) in [6, 6.07) is 12.6. The molecule has 0 aromatic heterocycles. The molecule has 2 N–H and O–H groups in total. The SMILES string of the molecule is CCC(O)c1ccccc1Oc1ccc(CO)cc1OC. The highest BCUT2D eigenvalue weighted by atomic mass is 16.5. The molecule has 0 heterocycles. The summed E-state index contributed by atoms with van der Waals surface area (Å²) >= 11 is 0. The van der Waals surface area contributed by atoms with E-state index in [-0.39, 0.29) is 6.61 Å². The molecule has 0 fully saturated rings. The molecule has 4 heteroatoms. The number of aliphatic hydroxyl groups excluding tert-OH is 2. The Balaban J connectivity index is 2.34. The lowest BCUT2D eigenvalue weighted by Gasteiger charge is -2.16. The molecule has 0 amide bonds. The first-order valence-corrected chi connectivity index (χ1v) is 6.92. The number of benzene rings is 2. The molecule has 0 spiro atoms. The van der Waals surface area contributed by atoms with Crippen molar-refractivity contribution >= 4 is 0 Å². The average Bonchev–Trinajstić information content (AvgIpc) is 2.55. The number of hydrogen-bond acceptors (Lipinski definition) is 4. The van der Waals surface area contributed by atoms with E-state index in [1.165, 1.54) is 0 Å². The summed E-state index contributed by atoms with van der Waals surface area (Å²) in [7, 11) is 1.55. The first-order chi connectivity index (χ1) is 10.2. The van der Waals surface area contributed by atoms with Gasteiger partial charge in [0.2, 0.25) is 0 Å². The monoisotopic (exact) mass is 288 g/mol. The Kier molecular flexibility index (Phi) is 5.20. The van der Waals surface area contributed by atoms with E-state index < -0.39 is 6.10 Å². The molecule has 0 saturated carbocycles. The van der Waals surface area contributed by atoms with Gasteiger partial charge in [-0.1, -0.05) is 31.2 Å². The Labute approximate surface area is 124 Å². The minimum Gasteiger partial charge on any atom is -0.493 e. The maximum Gasteiger partial charge on any atom is 0.169 e. The van der Waals surface area contributed by atoms with Crippen LogP contribution in [0.4, 0.5) is 0 Å². The number of methoxy groups -OCH3 is 1. The van der Waals surface area contributed by atoms with Crippen molar-refractivity contribution in [1.82, 2.24) is 0 Å². The van der Waals surface area contributed by atoms with E-state index in [0.29, 0.717) is 23.7 Å². The van der Waals surface area contributed by atoms with Crippen molar-refractivity contribution in [3.63, 3.8) is 0 Å². The molecule has 1 atom stereocenters. The molecule has 2 aromatic carbocycles. The second-order valence-corrected chi connectivity index (χ2v) is 4.71. The molecule has 2 rings (SSSR count). The Morgan fingerprint density at radius 3 is 2.48 bits per heavy atom. The van der Waals surface area contributed by atoms with E-state index in [0.717, 1.165) is 11.1 Å². The first kappa shape index (κ1) is 15.4. The van der Waals surface area contributed by atoms with Gasteiger partial charge in [-0.15, -0.1) is 0 Å². The summed E-state index contributed by atoms with van der Waals surface area (Å²) in [6.07, 6.45) is 0.0462. The molecular weight excluding hydrogens is 268 g/mol. The van der Waals surface area contributed by atoms with Gasteiger partial charge in [0.15, 0.2) is 11.5 Å². The minimum absolute atomic E-state index is 0.0538. The standard InChI is InChI=1S/C17H20O4/c1-3-14(19)13-6-4-5-7-15(13)21-16-9-8-12(11-18)10-17(16)20-2/h4-10,14,18-19H,3,11H2,1-2H3. The number of ether oxygens (including phenoxy) is 2. The number of aliphatic hydroxyl groups is 2. The molecule has 0 aliphatic rings. The molecule has 1 unspecified atom stereocenters. The van der Waals surface area contributed by atoms with Gasteiger partial charge < -0.3 is 19.7 Å². The summed E-state index contributed by atoms with van der Waals surface area (Å²) in [5, 5.41) is 19.2. The van der Waals surface area contributed by atoms with Gasteiger partial charge in [0.05, 0.1) is 19.8 Å². The van der Waals surface area contributed by atoms with Crippen molar-refractivity contribution < 1.29 is 19.7 Å². The zero-order valence-electron chi connectivity index (χ0n) is 12.2. The van der Waals surface area contributed by atoms with E-state index in [1.807, 2.05) is 31.2 Å². The van der Waals surface area contributed by atoms with Gasteiger partial charge in [0.25, 0.3) is 0 Å². The van der Waals surface area contributed by atoms with Crippen molar-refractivity contribution in [1.29, 1.82) is 0 Å². The van der Waals surface area contributed by atoms with Crippen LogP contribution in [0.5, 0.6) is 17.2 Å². The Morgan fingerprint density at radius 2 is 1.81 bits per heavy atom. The van der Waals surface area contributed by atoms with Gasteiger partial charge in [-0.2, -0.15) is 0 Å². The minimum atomic E-state index is -0.566. The fraction of sp³-hybridized carbons (Fsp3) is 0.294. The quantitative estimate of drug-likeness (QED) is 0.855. The van der Waals surface area contributed by atoms with Crippen LogP contribution in [-0.4, -0.2) is 17.3 Å². The summed E-state index contributed by atoms with van der Waals surface area (Å²) in [4.78, 5) is 0. The van der Waals surface area contributed by atoms with Gasteiger partial charge in [-0.05, 0) is 30.2 Å². The number of rotatable bonds is 6. The third kappa shape index (κ3) is 3.54. The summed E-state index contributed by atoms with van der Waals surface area (Å²) in [6.45, 7) is 1.86. The lowest BCUT2D eigenvalue weighted by atomic mass is 10.1. The van der Waals surface area contributed by atoms with Gasteiger partial charge in [0, 0.05) is 5.56 Å². The van der Waals surface area contributed by atoms with Crippen LogP contribution in [0.1, 0.15) is 30.6 Å². The highest BCUT2D eigenvalue weighted by Gasteiger charge is 2.14. The van der Waals surface area contributed by atoms with Gasteiger partial charge in [-0.3, -0.25) is 0 Å². The van der Waals surface area contributed by atoms with E-state index in [1.54, 1.807) is 25.3 Å². The molecular formula is C17H20O4. The maximum atomic E-state index is 10.1. The van der Waals surface area contributed by atoms with E-state index in [4.69, 9.17) is 14.6 Å². The number of hydrogen-bond donors (Lipinski definition) is 2. The fourth-order valence-electron chi connectivity index (χ4n) is 2.08. The van der Waals surface area contributed by atoms with Gasteiger partial charge in [-0.25, -0.2) is 0 Å². The summed E-state index contributed by atoms with van der Waals surface area (Å²) < 4.78 is 11.2. The maximum absolute atomic E-state index is 10.1. The smallest absolute Gasteiger partial charge is 0.169 e. The Morgan fingerprint density at radius 1 is 1.05 bits per heavy atom. The van der Waals surface area contributed by atoms with Crippen LogP contribution in [-0.2, 0) is 6.61 Å². The molecule has 0 radical (unpaired) electrons. The number of para-hydroxylation sites is 1. The second kappa shape index (κ2) is 7.11. The van der Waals surface area contributed by atoms with Crippen LogP contribution in [0, 0.1) is 0 Å². The van der Waals surface area contributed by atoms with E-state index in [9.17, 15) is 5.11 Å². The average molecular weight is 288 g/mol. The van der Waals surface area contributed by atoms with Crippen LogP contribution in [0.3, 0.4) is 0 Å². The molecule has 2 aromatic rings. The lowest BCUT2D eigenvalue weighted by molar-refractivity contribution is 0.170. The summed E-state index contributed by atoms with van der Waals surface area (Å²) in [5.41, 5.74) is 1.49. The zero-order chi connectivity index (χ0) is 15.2. The second-order valence-electron chi connectivity index (χ2n) is 4.71. The normalized spacial score (nSPS) is 12.0. The molecule has 112 valence electrons. The van der Waals surface area contributed by atoms with Crippen LogP contribution >= 0.6 is 0 Å². The zero-order valence-corrected chi connectivity index (χ0v) is 12.2. The fourth-order valence-corrected chi connectivity index (χ4v) is 2.08. The summed E-state index contributed by atoms with van der Waals surface area (Å²) in [5.74, 6) is 1.69. The topological polar surface area (TPSA) is 58.9 Å². The molecule has 4 nitrogen and oxygen atoms in total. The van der Waals surface area contributed by atoms with Crippen molar-refractivity contribution in [2.45, 2.75) is 26.1 Å². The van der Waals surface area contributed by atoms with E-state index >= 15 is 0 Å². The third-order valence-corrected chi connectivity index (χ3v) is 3.30. The largest absolute Gasteiger partial charge is 0.493 e. The van der Waals surface area contributed by atoms with Crippen LogP contribution < -0.4 is 9.47 Å².